The van der Waals surface area contributed by atoms with Gasteiger partial charge in [0.15, 0.2) is 17.3 Å². The van der Waals surface area contributed by atoms with E-state index in [1.165, 1.54) is 30.1 Å². The molecule has 0 unspecified atom stereocenters. The number of aryl methyl sites for hydroxylation is 2. The summed E-state index contributed by atoms with van der Waals surface area (Å²) in [6.07, 6.45) is 0. The van der Waals surface area contributed by atoms with Crippen molar-refractivity contribution in [3.05, 3.63) is 55.4 Å². The molecule has 4 rings (SSSR count). The first kappa shape index (κ1) is 18.9. The summed E-state index contributed by atoms with van der Waals surface area (Å²) < 4.78 is 16.7. The maximum Gasteiger partial charge on any atom is 0.442 e. The zero-order valence-electron chi connectivity index (χ0n) is 16.2. The number of nitrogens with one attached hydrogen (secondary N) is 1. The Morgan fingerprint density at radius 3 is 2.66 bits per heavy atom. The molecule has 4 aromatic rings. The molecule has 0 fully saturated rings. The Hall–Kier alpha value is -3.40. The third kappa shape index (κ3) is 3.21. The van der Waals surface area contributed by atoms with Crippen LogP contribution in [0, 0.1) is 13.8 Å². The van der Waals surface area contributed by atoms with Crippen LogP contribution in [0.2, 0.25) is 0 Å². The van der Waals surface area contributed by atoms with Crippen LogP contribution in [0.4, 0.5) is 0 Å². The molecule has 0 spiro atoms. The van der Waals surface area contributed by atoms with Crippen molar-refractivity contribution in [3.63, 3.8) is 0 Å². The molecule has 29 heavy (non-hydrogen) atoms. The molecular weight excluding hydrogens is 396 g/mol. The Bertz CT molecular complexity index is 1330. The summed E-state index contributed by atoms with van der Waals surface area (Å²) in [7, 11) is 3.06. The predicted molar refractivity (Wildman–Crippen MR) is 108 cm³/mol. The number of hydrogen-bond donors (Lipinski definition) is 1. The second kappa shape index (κ2) is 7.21. The molecule has 3 heterocycles. The van der Waals surface area contributed by atoms with Crippen LogP contribution >= 0.6 is 11.3 Å². The topological polar surface area (TPSA) is 112 Å². The summed E-state index contributed by atoms with van der Waals surface area (Å²) in [5.41, 5.74) is 1.28. The van der Waals surface area contributed by atoms with E-state index < -0.39 is 5.76 Å². The van der Waals surface area contributed by atoms with Crippen molar-refractivity contribution < 1.29 is 14.0 Å². The lowest BCUT2D eigenvalue weighted by Gasteiger charge is -2.09. The smallest absolute Gasteiger partial charge is 0.442 e. The van der Waals surface area contributed by atoms with E-state index in [0.29, 0.717) is 33.1 Å². The lowest BCUT2D eigenvalue weighted by atomic mass is 10.2. The number of aromatic amines is 1. The zero-order valence-corrected chi connectivity index (χ0v) is 17.0. The molecule has 3 aromatic heterocycles. The Morgan fingerprint density at radius 1 is 1.17 bits per heavy atom. The largest absolute Gasteiger partial charge is 0.493 e. The molecule has 0 aliphatic heterocycles. The Balaban J connectivity index is 1.79. The van der Waals surface area contributed by atoms with Crippen LogP contribution in [0.1, 0.15) is 16.3 Å². The molecule has 1 N–H and O–H groups in total. The van der Waals surface area contributed by atoms with E-state index in [-0.39, 0.29) is 17.9 Å². The van der Waals surface area contributed by atoms with Gasteiger partial charge in [-0.1, -0.05) is 5.16 Å². The fraction of sp³-hybridized carbons (Fsp3) is 0.263. The number of H-pyrrole nitrogens is 1. The molecule has 0 bridgehead atoms. The van der Waals surface area contributed by atoms with Crippen LogP contribution in [-0.2, 0) is 6.54 Å². The van der Waals surface area contributed by atoms with Gasteiger partial charge in [-0.15, -0.1) is 11.3 Å². The van der Waals surface area contributed by atoms with Crippen LogP contribution in [0.15, 0.2) is 32.3 Å². The van der Waals surface area contributed by atoms with Crippen molar-refractivity contribution in [2.24, 2.45) is 0 Å². The quantitative estimate of drug-likeness (QED) is 0.534. The molecular formula is C19H18N4O5S. The monoisotopic (exact) mass is 414 g/mol. The third-order valence-corrected chi connectivity index (χ3v) is 5.83. The minimum Gasteiger partial charge on any atom is -0.493 e. The van der Waals surface area contributed by atoms with Gasteiger partial charge in [-0.05, 0) is 37.6 Å². The van der Waals surface area contributed by atoms with Gasteiger partial charge < -0.3 is 14.5 Å². The van der Waals surface area contributed by atoms with Gasteiger partial charge >= 0.3 is 5.76 Å². The highest BCUT2D eigenvalue weighted by atomic mass is 32.1. The van der Waals surface area contributed by atoms with Crippen molar-refractivity contribution >= 4 is 21.6 Å². The average molecular weight is 414 g/mol. The van der Waals surface area contributed by atoms with E-state index in [1.807, 2.05) is 13.8 Å². The Kier molecular flexibility index (Phi) is 4.71. The maximum atomic E-state index is 12.5. The number of aromatic nitrogens is 4. The molecule has 0 atom stereocenters. The van der Waals surface area contributed by atoms with Gasteiger partial charge in [0.05, 0.1) is 26.2 Å². The molecule has 0 saturated carbocycles. The fourth-order valence-electron chi connectivity index (χ4n) is 3.11. The number of ether oxygens (including phenoxy) is 2. The van der Waals surface area contributed by atoms with E-state index in [1.54, 1.807) is 18.2 Å². The van der Waals surface area contributed by atoms with Crippen LogP contribution in [0.5, 0.6) is 11.5 Å². The zero-order chi connectivity index (χ0) is 20.7. The highest BCUT2D eigenvalue weighted by Crippen LogP contribution is 2.31. The summed E-state index contributed by atoms with van der Waals surface area (Å²) in [5, 5.41) is 4.46. The molecule has 0 aliphatic carbocycles. The first-order valence-corrected chi connectivity index (χ1v) is 9.52. The van der Waals surface area contributed by atoms with Crippen molar-refractivity contribution in [1.82, 2.24) is 19.7 Å². The minimum absolute atomic E-state index is 0.00713. The summed E-state index contributed by atoms with van der Waals surface area (Å²) >= 11 is 1.45. The maximum absolute atomic E-state index is 12.5. The molecule has 0 amide bonds. The molecule has 1 aromatic carbocycles. The normalized spacial score (nSPS) is 11.2. The molecule has 10 heteroatoms. The van der Waals surface area contributed by atoms with Gasteiger partial charge in [0.25, 0.3) is 5.56 Å². The number of methoxy groups -OCH3 is 2. The summed E-state index contributed by atoms with van der Waals surface area (Å²) in [5.74, 6) is 1.02. The van der Waals surface area contributed by atoms with Gasteiger partial charge in [-0.25, -0.2) is 14.3 Å². The number of benzene rings is 1. The van der Waals surface area contributed by atoms with Crippen LogP contribution < -0.4 is 20.8 Å². The number of hydrogen-bond acceptors (Lipinski definition) is 8. The lowest BCUT2D eigenvalue weighted by Crippen LogP contribution is -2.20. The standard InChI is InChI=1S/C19H18N4O5S/c1-9-10(2)29-18-15(9)17(24)20-14(21-18)8-23-16(22-28-19(23)25)11-5-6-12(26-3)13(7-11)27-4/h5-7H,8H2,1-4H3,(H,20,21,24). The van der Waals surface area contributed by atoms with Gasteiger partial charge in [0.2, 0.25) is 0 Å². The van der Waals surface area contributed by atoms with Crippen LogP contribution in [-0.4, -0.2) is 33.9 Å². The van der Waals surface area contributed by atoms with Crippen molar-refractivity contribution in [1.29, 1.82) is 0 Å². The van der Waals surface area contributed by atoms with Crippen LogP contribution in [0.25, 0.3) is 21.6 Å². The van der Waals surface area contributed by atoms with E-state index in [0.717, 1.165) is 10.4 Å². The van der Waals surface area contributed by atoms with Gasteiger partial charge in [-0.2, -0.15) is 0 Å². The Morgan fingerprint density at radius 2 is 1.93 bits per heavy atom. The van der Waals surface area contributed by atoms with Crippen molar-refractivity contribution in [2.45, 2.75) is 20.4 Å². The Labute approximate surface area is 168 Å². The second-order valence-corrected chi connectivity index (χ2v) is 7.61. The predicted octanol–water partition coefficient (Wildman–Crippen LogP) is 2.48. The van der Waals surface area contributed by atoms with Gasteiger partial charge in [0, 0.05) is 10.4 Å². The fourth-order valence-corrected chi connectivity index (χ4v) is 4.16. The van der Waals surface area contributed by atoms with Gasteiger partial charge in [-0.3, -0.25) is 9.32 Å². The van der Waals surface area contributed by atoms with Crippen molar-refractivity contribution in [3.8, 4) is 22.9 Å². The van der Waals surface area contributed by atoms with Gasteiger partial charge in [0.1, 0.15) is 10.7 Å². The molecule has 150 valence electrons. The molecule has 0 radical (unpaired) electrons. The number of rotatable bonds is 5. The van der Waals surface area contributed by atoms with Crippen molar-refractivity contribution in [2.75, 3.05) is 14.2 Å². The molecule has 0 aliphatic rings. The third-order valence-electron chi connectivity index (χ3n) is 4.72. The highest BCUT2D eigenvalue weighted by Gasteiger charge is 2.18. The first-order chi connectivity index (χ1) is 13.9. The first-order valence-electron chi connectivity index (χ1n) is 8.70. The highest BCUT2D eigenvalue weighted by molar-refractivity contribution is 7.18. The second-order valence-electron chi connectivity index (χ2n) is 6.40. The summed E-state index contributed by atoms with van der Waals surface area (Å²) in [4.78, 5) is 33.7. The number of fused-ring (bicyclic) bond motifs is 1. The summed E-state index contributed by atoms with van der Waals surface area (Å²) in [6, 6.07) is 5.14. The van der Waals surface area contributed by atoms with E-state index in [4.69, 9.17) is 14.0 Å². The van der Waals surface area contributed by atoms with E-state index in [2.05, 4.69) is 15.1 Å². The molecule has 0 saturated heterocycles. The lowest BCUT2D eigenvalue weighted by molar-refractivity contribution is 0.355. The van der Waals surface area contributed by atoms with E-state index in [9.17, 15) is 9.59 Å². The van der Waals surface area contributed by atoms with E-state index >= 15 is 0 Å². The number of nitrogens with zero attached hydrogens (tertiary/aromatic N) is 3. The molecule has 9 nitrogen and oxygen atoms in total. The van der Waals surface area contributed by atoms with Crippen LogP contribution in [0.3, 0.4) is 0 Å². The average Bonchev–Trinajstić information content (AvgIpc) is 3.21. The number of thiophene rings is 1. The minimum atomic E-state index is -0.656. The SMILES string of the molecule is COc1ccc(-c2noc(=O)n2Cc2nc3sc(C)c(C)c3c(=O)[nH]2)cc1OC. The summed E-state index contributed by atoms with van der Waals surface area (Å²) in [6.45, 7) is 3.85.